The number of nitrogens with zero attached hydrogens (tertiary/aromatic N) is 2. The molecule has 0 radical (unpaired) electrons. The van der Waals surface area contributed by atoms with Crippen LogP contribution in [0.25, 0.3) is 0 Å². The minimum absolute atomic E-state index is 0.364. The zero-order valence-corrected chi connectivity index (χ0v) is 15.5. The molecular weight excluding hydrogens is 296 g/mol. The summed E-state index contributed by atoms with van der Waals surface area (Å²) in [7, 11) is 0. The SMILES string of the molecule is CCCCC(=O)N1CCC2(CC1)CN(C(C)C)C2c1ccccc1. The Kier molecular flexibility index (Phi) is 5.29. The van der Waals surface area contributed by atoms with Gasteiger partial charge in [0.05, 0.1) is 0 Å². The predicted molar refractivity (Wildman–Crippen MR) is 98.8 cm³/mol. The number of carbonyl (C=O) groups is 1. The summed E-state index contributed by atoms with van der Waals surface area (Å²) in [6.07, 6.45) is 5.14. The first kappa shape index (κ1) is 17.5. The molecule has 0 aromatic heterocycles. The normalized spacial score (nSPS) is 23.5. The highest BCUT2D eigenvalue weighted by atomic mass is 16.2. The summed E-state index contributed by atoms with van der Waals surface area (Å²) in [4.78, 5) is 17.1. The number of piperidine rings is 1. The highest BCUT2D eigenvalue weighted by Crippen LogP contribution is 2.55. The lowest BCUT2D eigenvalue weighted by Crippen LogP contribution is -2.64. The Hall–Kier alpha value is -1.35. The molecule has 3 nitrogen and oxygen atoms in total. The molecule has 1 atom stereocenters. The molecule has 132 valence electrons. The Balaban J connectivity index is 1.69. The van der Waals surface area contributed by atoms with Crippen LogP contribution in [0.3, 0.4) is 0 Å². The van der Waals surface area contributed by atoms with E-state index in [1.54, 1.807) is 0 Å². The van der Waals surface area contributed by atoms with Crippen LogP contribution in [-0.2, 0) is 4.79 Å². The van der Waals surface area contributed by atoms with Crippen LogP contribution in [0.5, 0.6) is 0 Å². The molecule has 2 aliphatic rings. The van der Waals surface area contributed by atoms with Gasteiger partial charge in [-0.3, -0.25) is 9.69 Å². The summed E-state index contributed by atoms with van der Waals surface area (Å²) in [6, 6.07) is 12.1. The smallest absolute Gasteiger partial charge is 0.222 e. The van der Waals surface area contributed by atoms with Crippen LogP contribution in [0, 0.1) is 5.41 Å². The fraction of sp³-hybridized carbons (Fsp3) is 0.667. The van der Waals surface area contributed by atoms with E-state index in [0.717, 1.165) is 45.2 Å². The molecule has 1 aromatic carbocycles. The van der Waals surface area contributed by atoms with Crippen LogP contribution in [0.2, 0.25) is 0 Å². The van der Waals surface area contributed by atoms with Crippen molar-refractivity contribution in [3.63, 3.8) is 0 Å². The molecular formula is C21H32N2O. The Morgan fingerprint density at radius 3 is 2.46 bits per heavy atom. The third-order valence-corrected chi connectivity index (χ3v) is 6.04. The summed E-state index contributed by atoms with van der Waals surface area (Å²) >= 11 is 0. The fourth-order valence-corrected chi connectivity index (χ4v) is 4.56. The van der Waals surface area contributed by atoms with Crippen LogP contribution in [-0.4, -0.2) is 41.4 Å². The van der Waals surface area contributed by atoms with Gasteiger partial charge in [-0.1, -0.05) is 43.7 Å². The number of rotatable bonds is 5. The lowest BCUT2D eigenvalue weighted by atomic mass is 9.62. The monoisotopic (exact) mass is 328 g/mol. The van der Waals surface area contributed by atoms with E-state index in [1.807, 2.05) is 0 Å². The molecule has 0 N–H and O–H groups in total. The standard InChI is InChI=1S/C21H32N2O/c1-4-5-11-19(24)22-14-12-21(13-15-22)16-23(17(2)3)20(21)18-9-7-6-8-10-18/h6-10,17,20H,4-5,11-16H2,1-3H3. The third kappa shape index (κ3) is 3.23. The first-order chi connectivity index (χ1) is 11.6. The van der Waals surface area contributed by atoms with Gasteiger partial charge in [0.15, 0.2) is 0 Å². The first-order valence-corrected chi connectivity index (χ1v) is 9.66. The Morgan fingerprint density at radius 1 is 1.21 bits per heavy atom. The van der Waals surface area contributed by atoms with Crippen LogP contribution < -0.4 is 0 Å². The van der Waals surface area contributed by atoms with E-state index in [9.17, 15) is 4.79 Å². The van der Waals surface area contributed by atoms with E-state index in [2.05, 4.69) is 60.9 Å². The summed E-state index contributed by atoms with van der Waals surface area (Å²) in [6.45, 7) is 9.81. The van der Waals surface area contributed by atoms with Gasteiger partial charge in [-0.15, -0.1) is 0 Å². The lowest BCUT2D eigenvalue weighted by Gasteiger charge is -2.62. The number of hydrogen-bond donors (Lipinski definition) is 0. The van der Waals surface area contributed by atoms with E-state index in [0.29, 0.717) is 23.4 Å². The van der Waals surface area contributed by atoms with Gasteiger partial charge in [0.2, 0.25) is 5.91 Å². The molecule has 1 unspecified atom stereocenters. The predicted octanol–water partition coefficient (Wildman–Crippen LogP) is 4.25. The van der Waals surface area contributed by atoms with Crippen molar-refractivity contribution in [2.75, 3.05) is 19.6 Å². The fourth-order valence-electron chi connectivity index (χ4n) is 4.56. The Bertz CT molecular complexity index is 546. The molecule has 2 saturated heterocycles. The van der Waals surface area contributed by atoms with Gasteiger partial charge < -0.3 is 4.90 Å². The summed E-state index contributed by atoms with van der Waals surface area (Å²) in [5.41, 5.74) is 1.82. The van der Waals surface area contributed by atoms with E-state index >= 15 is 0 Å². The molecule has 3 heteroatoms. The van der Waals surface area contributed by atoms with Gasteiger partial charge in [-0.05, 0) is 38.7 Å². The molecule has 1 amide bonds. The van der Waals surface area contributed by atoms with Gasteiger partial charge >= 0.3 is 0 Å². The van der Waals surface area contributed by atoms with Crippen molar-refractivity contribution in [3.8, 4) is 0 Å². The average Bonchev–Trinajstić information content (AvgIpc) is 2.58. The second kappa shape index (κ2) is 7.26. The minimum atomic E-state index is 0.364. The number of likely N-dealkylation sites (tertiary alicyclic amines) is 2. The molecule has 24 heavy (non-hydrogen) atoms. The summed E-state index contributed by atoms with van der Waals surface area (Å²) < 4.78 is 0. The zero-order chi connectivity index (χ0) is 17.2. The van der Waals surface area contributed by atoms with E-state index in [-0.39, 0.29) is 0 Å². The molecule has 1 aromatic rings. The molecule has 2 fully saturated rings. The topological polar surface area (TPSA) is 23.6 Å². The Morgan fingerprint density at radius 2 is 1.88 bits per heavy atom. The second-order valence-corrected chi connectivity index (χ2v) is 7.93. The van der Waals surface area contributed by atoms with Crippen molar-refractivity contribution >= 4 is 5.91 Å². The number of unbranched alkanes of at least 4 members (excludes halogenated alkanes) is 1. The number of amides is 1. The maximum Gasteiger partial charge on any atom is 0.222 e. The van der Waals surface area contributed by atoms with Crippen molar-refractivity contribution in [2.24, 2.45) is 5.41 Å². The highest BCUT2D eigenvalue weighted by Gasteiger charge is 2.54. The van der Waals surface area contributed by atoms with E-state index in [4.69, 9.17) is 0 Å². The highest BCUT2D eigenvalue weighted by molar-refractivity contribution is 5.76. The quantitative estimate of drug-likeness (QED) is 0.806. The summed E-state index contributed by atoms with van der Waals surface area (Å²) in [5.74, 6) is 0.364. The minimum Gasteiger partial charge on any atom is -0.343 e. The van der Waals surface area contributed by atoms with Crippen LogP contribution in [0.4, 0.5) is 0 Å². The second-order valence-electron chi connectivity index (χ2n) is 7.93. The average molecular weight is 328 g/mol. The van der Waals surface area contributed by atoms with Crippen molar-refractivity contribution in [2.45, 2.75) is 65.0 Å². The molecule has 3 rings (SSSR count). The van der Waals surface area contributed by atoms with Gasteiger partial charge in [0, 0.05) is 43.6 Å². The van der Waals surface area contributed by atoms with Gasteiger partial charge in [0.25, 0.3) is 0 Å². The van der Waals surface area contributed by atoms with Crippen molar-refractivity contribution in [1.82, 2.24) is 9.80 Å². The molecule has 0 bridgehead atoms. The van der Waals surface area contributed by atoms with E-state index < -0.39 is 0 Å². The first-order valence-electron chi connectivity index (χ1n) is 9.66. The molecule has 0 aliphatic carbocycles. The lowest BCUT2D eigenvalue weighted by molar-refractivity contribution is -0.147. The number of benzene rings is 1. The molecule has 0 saturated carbocycles. The van der Waals surface area contributed by atoms with Crippen molar-refractivity contribution < 1.29 is 4.79 Å². The number of hydrogen-bond acceptors (Lipinski definition) is 2. The molecule has 1 spiro atoms. The van der Waals surface area contributed by atoms with Gasteiger partial charge in [-0.2, -0.15) is 0 Å². The molecule has 2 heterocycles. The maximum atomic E-state index is 12.3. The van der Waals surface area contributed by atoms with Crippen molar-refractivity contribution in [1.29, 1.82) is 0 Å². The maximum absolute atomic E-state index is 12.3. The van der Waals surface area contributed by atoms with E-state index in [1.165, 1.54) is 12.1 Å². The van der Waals surface area contributed by atoms with Crippen LogP contribution in [0.1, 0.15) is 64.5 Å². The largest absolute Gasteiger partial charge is 0.343 e. The van der Waals surface area contributed by atoms with Crippen molar-refractivity contribution in [3.05, 3.63) is 35.9 Å². The van der Waals surface area contributed by atoms with Crippen LogP contribution >= 0.6 is 0 Å². The third-order valence-electron chi connectivity index (χ3n) is 6.04. The zero-order valence-electron chi connectivity index (χ0n) is 15.5. The van der Waals surface area contributed by atoms with Gasteiger partial charge in [0.1, 0.15) is 0 Å². The Labute approximate surface area is 147 Å². The summed E-state index contributed by atoms with van der Waals surface area (Å²) in [5, 5.41) is 0. The molecule has 2 aliphatic heterocycles. The van der Waals surface area contributed by atoms with Crippen LogP contribution in [0.15, 0.2) is 30.3 Å². The number of carbonyl (C=O) groups excluding carboxylic acids is 1. The van der Waals surface area contributed by atoms with Gasteiger partial charge in [-0.25, -0.2) is 0 Å².